The molecule has 0 aromatic heterocycles. The summed E-state index contributed by atoms with van der Waals surface area (Å²) in [6.45, 7) is 4.18. The second-order valence-electron chi connectivity index (χ2n) is 7.25. The lowest BCUT2D eigenvalue weighted by atomic mass is 10.1. The van der Waals surface area contributed by atoms with Gasteiger partial charge in [-0.05, 0) is 31.0 Å². The number of rotatable bonds is 6. The molecule has 1 aromatic carbocycles. The number of thioether (sulfide) groups is 1. The van der Waals surface area contributed by atoms with E-state index >= 15 is 0 Å². The smallest absolute Gasteiger partial charge is 0.242 e. The molecule has 2 fully saturated rings. The molecular formula is C21H25Cl2N3O2S. The molecule has 5 nitrogen and oxygen atoms in total. The molecule has 1 aliphatic heterocycles. The van der Waals surface area contributed by atoms with Gasteiger partial charge in [-0.25, -0.2) is 0 Å². The number of anilines is 1. The highest BCUT2D eigenvalue weighted by molar-refractivity contribution is 8.15. The number of aliphatic imine (C=N–C) groups is 1. The van der Waals surface area contributed by atoms with E-state index in [0.29, 0.717) is 27.4 Å². The highest BCUT2D eigenvalue weighted by atomic mass is 35.5. The lowest BCUT2D eigenvalue weighted by molar-refractivity contribution is -0.129. The quantitative estimate of drug-likeness (QED) is 0.454. The van der Waals surface area contributed by atoms with E-state index in [-0.39, 0.29) is 24.3 Å². The van der Waals surface area contributed by atoms with Crippen molar-refractivity contribution in [1.29, 1.82) is 0 Å². The molecule has 2 amide bonds. The topological polar surface area (TPSA) is 61.8 Å². The molecule has 8 heteroatoms. The van der Waals surface area contributed by atoms with E-state index in [9.17, 15) is 9.59 Å². The second-order valence-corrected chi connectivity index (χ2v) is 9.24. The van der Waals surface area contributed by atoms with Crippen molar-refractivity contribution in [3.8, 4) is 0 Å². The zero-order chi connectivity index (χ0) is 20.8. The molecule has 1 unspecified atom stereocenters. The van der Waals surface area contributed by atoms with Crippen LogP contribution in [0.4, 0.5) is 5.69 Å². The summed E-state index contributed by atoms with van der Waals surface area (Å²) in [5.74, 6) is -0.256. The van der Waals surface area contributed by atoms with Crippen LogP contribution in [-0.2, 0) is 9.59 Å². The van der Waals surface area contributed by atoms with E-state index in [0.717, 1.165) is 25.7 Å². The summed E-state index contributed by atoms with van der Waals surface area (Å²) >= 11 is 13.3. The van der Waals surface area contributed by atoms with Gasteiger partial charge in [0.1, 0.15) is 5.25 Å². The minimum absolute atomic E-state index is 0.0194. The average Bonchev–Trinajstić information content (AvgIpc) is 2.87. The first-order chi connectivity index (χ1) is 14.0. The number of nitrogens with zero attached hydrogens (tertiary/aromatic N) is 2. The van der Waals surface area contributed by atoms with Crippen LogP contribution < -0.4 is 5.32 Å². The number of hydrogen-bond acceptors (Lipinski definition) is 4. The lowest BCUT2D eigenvalue weighted by Gasteiger charge is -2.26. The number of amides is 2. The molecule has 156 valence electrons. The first-order valence-electron chi connectivity index (χ1n) is 9.89. The van der Waals surface area contributed by atoms with Crippen molar-refractivity contribution in [3.63, 3.8) is 0 Å². The Morgan fingerprint density at radius 2 is 1.97 bits per heavy atom. The number of benzene rings is 1. The summed E-state index contributed by atoms with van der Waals surface area (Å²) in [5, 5.41) is 3.84. The van der Waals surface area contributed by atoms with Gasteiger partial charge in [-0.1, -0.05) is 66.7 Å². The first-order valence-corrected chi connectivity index (χ1v) is 11.5. The van der Waals surface area contributed by atoms with Gasteiger partial charge >= 0.3 is 0 Å². The van der Waals surface area contributed by atoms with E-state index in [1.54, 1.807) is 24.3 Å². The summed E-state index contributed by atoms with van der Waals surface area (Å²) in [6, 6.07) is 5.08. The van der Waals surface area contributed by atoms with Crippen LogP contribution in [0.5, 0.6) is 0 Å². The maximum absolute atomic E-state index is 13.2. The fraction of sp³-hybridized carbons (Fsp3) is 0.476. The molecule has 0 radical (unpaired) electrons. The molecule has 1 saturated carbocycles. The maximum atomic E-state index is 13.2. The van der Waals surface area contributed by atoms with Crippen molar-refractivity contribution < 1.29 is 9.59 Å². The third-order valence-electron chi connectivity index (χ3n) is 5.09. The number of halogens is 2. The van der Waals surface area contributed by atoms with Crippen LogP contribution in [0.15, 0.2) is 35.8 Å². The predicted octanol–water partition coefficient (Wildman–Crippen LogP) is 5.53. The van der Waals surface area contributed by atoms with E-state index in [1.165, 1.54) is 24.6 Å². The normalized spacial score (nSPS) is 22.0. The van der Waals surface area contributed by atoms with Crippen LogP contribution in [0.1, 0.15) is 44.9 Å². The van der Waals surface area contributed by atoms with Crippen molar-refractivity contribution in [2.75, 3.05) is 11.9 Å². The van der Waals surface area contributed by atoms with Crippen molar-refractivity contribution >= 4 is 57.6 Å². The zero-order valence-electron chi connectivity index (χ0n) is 16.2. The van der Waals surface area contributed by atoms with Crippen molar-refractivity contribution in [2.24, 2.45) is 4.99 Å². The minimum Gasteiger partial charge on any atom is -0.326 e. The molecule has 2 aliphatic rings. The summed E-state index contributed by atoms with van der Waals surface area (Å²) in [4.78, 5) is 32.1. The number of amidine groups is 1. The van der Waals surface area contributed by atoms with Gasteiger partial charge in [-0.15, -0.1) is 6.58 Å². The molecule has 1 saturated heterocycles. The molecule has 1 aromatic rings. The van der Waals surface area contributed by atoms with E-state index in [1.807, 2.05) is 4.90 Å². The molecule has 1 aliphatic carbocycles. The van der Waals surface area contributed by atoms with Crippen molar-refractivity contribution in [1.82, 2.24) is 4.90 Å². The van der Waals surface area contributed by atoms with Crippen molar-refractivity contribution in [3.05, 3.63) is 40.9 Å². The van der Waals surface area contributed by atoms with Gasteiger partial charge in [0.15, 0.2) is 5.17 Å². The largest absolute Gasteiger partial charge is 0.326 e. The monoisotopic (exact) mass is 453 g/mol. The van der Waals surface area contributed by atoms with Crippen LogP contribution in [0, 0.1) is 0 Å². The fourth-order valence-electron chi connectivity index (χ4n) is 3.68. The average molecular weight is 454 g/mol. The summed E-state index contributed by atoms with van der Waals surface area (Å²) < 4.78 is 0. The van der Waals surface area contributed by atoms with E-state index < -0.39 is 5.25 Å². The molecule has 3 rings (SSSR count). The summed E-state index contributed by atoms with van der Waals surface area (Å²) in [6.07, 6.45) is 8.43. The van der Waals surface area contributed by atoms with E-state index in [4.69, 9.17) is 23.2 Å². The third kappa shape index (κ3) is 5.77. The Morgan fingerprint density at radius 3 is 2.62 bits per heavy atom. The molecule has 1 heterocycles. The van der Waals surface area contributed by atoms with Crippen LogP contribution in [-0.4, -0.2) is 39.7 Å². The Balaban J connectivity index is 1.70. The highest BCUT2D eigenvalue weighted by Crippen LogP contribution is 2.35. The second kappa shape index (κ2) is 10.5. The highest BCUT2D eigenvalue weighted by Gasteiger charge is 2.42. The van der Waals surface area contributed by atoms with Crippen LogP contribution >= 0.6 is 35.0 Å². The molecule has 1 atom stereocenters. The van der Waals surface area contributed by atoms with Crippen LogP contribution in [0.25, 0.3) is 0 Å². The Morgan fingerprint density at radius 1 is 1.24 bits per heavy atom. The number of hydrogen-bond donors (Lipinski definition) is 1. The van der Waals surface area contributed by atoms with Gasteiger partial charge in [-0.3, -0.25) is 19.5 Å². The number of carbonyl (C=O) groups excluding carboxylic acids is 2. The molecule has 0 spiro atoms. The van der Waals surface area contributed by atoms with Gasteiger partial charge in [0.05, 0.1) is 16.6 Å². The third-order valence-corrected chi connectivity index (χ3v) is 7.01. The first kappa shape index (κ1) is 22.2. The van der Waals surface area contributed by atoms with E-state index in [2.05, 4.69) is 16.9 Å². The lowest BCUT2D eigenvalue weighted by Crippen LogP contribution is -2.41. The van der Waals surface area contributed by atoms with Gasteiger partial charge in [0, 0.05) is 18.2 Å². The zero-order valence-corrected chi connectivity index (χ0v) is 18.5. The summed E-state index contributed by atoms with van der Waals surface area (Å²) in [5.41, 5.74) is 0.556. The molecular weight excluding hydrogens is 429 g/mol. The maximum Gasteiger partial charge on any atom is 0.242 e. The van der Waals surface area contributed by atoms with Crippen LogP contribution in [0.3, 0.4) is 0 Å². The van der Waals surface area contributed by atoms with Gasteiger partial charge in [0.2, 0.25) is 11.8 Å². The van der Waals surface area contributed by atoms with Gasteiger partial charge in [-0.2, -0.15) is 0 Å². The SMILES string of the molecule is C=CCN=C1SC(CC(=O)Nc2ccc(Cl)c(Cl)c2)C(=O)N1C1CCCCCC1. The Kier molecular flexibility index (Phi) is 8.04. The van der Waals surface area contributed by atoms with Gasteiger partial charge in [0.25, 0.3) is 0 Å². The minimum atomic E-state index is -0.468. The standard InChI is InChI=1S/C21H25Cl2N3O2S/c1-2-11-24-21-26(15-7-5-3-4-6-8-15)20(28)18(29-21)13-19(27)25-14-9-10-16(22)17(23)12-14/h2,9-10,12,15,18H,1,3-8,11,13H2,(H,25,27). The number of nitrogens with one attached hydrogen (secondary N) is 1. The number of carbonyl (C=O) groups is 2. The predicted molar refractivity (Wildman–Crippen MR) is 122 cm³/mol. The molecule has 29 heavy (non-hydrogen) atoms. The Labute approximate surface area is 185 Å². The Bertz CT molecular complexity index is 807. The summed E-state index contributed by atoms with van der Waals surface area (Å²) in [7, 11) is 0. The molecule has 1 N–H and O–H groups in total. The van der Waals surface area contributed by atoms with Gasteiger partial charge < -0.3 is 5.32 Å². The Hall–Kier alpha value is -1.50. The van der Waals surface area contributed by atoms with Crippen molar-refractivity contribution in [2.45, 2.75) is 56.2 Å². The van der Waals surface area contributed by atoms with Crippen LogP contribution in [0.2, 0.25) is 10.0 Å². The fourth-order valence-corrected chi connectivity index (χ4v) is 5.18. The molecule has 0 bridgehead atoms.